The summed E-state index contributed by atoms with van der Waals surface area (Å²) in [6.07, 6.45) is -1.10. The van der Waals surface area contributed by atoms with E-state index in [0.717, 1.165) is 0 Å². The van der Waals surface area contributed by atoms with Gasteiger partial charge in [-0.25, -0.2) is 0 Å². The Morgan fingerprint density at radius 3 is 2.53 bits per heavy atom. The van der Waals surface area contributed by atoms with Gasteiger partial charge in [0.25, 0.3) is 0 Å². The fourth-order valence-electron chi connectivity index (χ4n) is 1.45. The van der Waals surface area contributed by atoms with E-state index in [-0.39, 0.29) is 6.42 Å². The fourth-order valence-corrected chi connectivity index (χ4v) is 1.45. The molecule has 0 unspecified atom stereocenters. The van der Waals surface area contributed by atoms with E-state index < -0.39 is 12.1 Å². The summed E-state index contributed by atoms with van der Waals surface area (Å²) < 4.78 is 14.7. The number of hydrogen-bond acceptors (Lipinski definition) is 5. The number of ether oxygens (including phenoxy) is 3. The first-order valence-corrected chi connectivity index (χ1v) is 5.09. The van der Waals surface area contributed by atoms with Crippen LogP contribution in [0.2, 0.25) is 0 Å². The summed E-state index contributed by atoms with van der Waals surface area (Å²) in [5.41, 5.74) is 0.497. The van der Waals surface area contributed by atoms with E-state index in [1.807, 2.05) is 0 Å². The van der Waals surface area contributed by atoms with Crippen LogP contribution in [0.5, 0.6) is 11.5 Å². The minimum absolute atomic E-state index is 0.125. The number of carbonyl (C=O) groups is 1. The van der Waals surface area contributed by atoms with Gasteiger partial charge in [-0.2, -0.15) is 0 Å². The third-order valence-electron chi connectivity index (χ3n) is 2.38. The van der Waals surface area contributed by atoms with Gasteiger partial charge < -0.3 is 19.3 Å². The molecule has 0 spiro atoms. The lowest BCUT2D eigenvalue weighted by molar-refractivity contribution is -0.142. The molecule has 17 heavy (non-hydrogen) atoms. The third kappa shape index (κ3) is 3.35. The molecule has 0 aromatic heterocycles. The van der Waals surface area contributed by atoms with E-state index in [0.29, 0.717) is 17.1 Å². The smallest absolute Gasteiger partial charge is 0.308 e. The van der Waals surface area contributed by atoms with Crippen LogP contribution in [0.3, 0.4) is 0 Å². The van der Waals surface area contributed by atoms with Crippen LogP contribution in [0.15, 0.2) is 18.2 Å². The average Bonchev–Trinajstić information content (AvgIpc) is 2.37. The van der Waals surface area contributed by atoms with Crippen molar-refractivity contribution in [2.24, 2.45) is 0 Å². The minimum atomic E-state index is -0.979. The monoisotopic (exact) mass is 240 g/mol. The first-order valence-electron chi connectivity index (χ1n) is 5.09. The molecule has 1 atom stereocenters. The maximum absolute atomic E-state index is 11.1. The van der Waals surface area contributed by atoms with E-state index in [1.54, 1.807) is 18.2 Å². The van der Waals surface area contributed by atoms with Gasteiger partial charge in [-0.1, -0.05) is 0 Å². The number of hydrogen-bond donors (Lipinski definition) is 1. The molecule has 0 fully saturated rings. The molecule has 0 heterocycles. The maximum Gasteiger partial charge on any atom is 0.308 e. The van der Waals surface area contributed by atoms with Gasteiger partial charge in [0.05, 0.1) is 33.9 Å². The Kier molecular flexibility index (Phi) is 4.78. The molecule has 0 saturated heterocycles. The molecule has 0 radical (unpaired) electrons. The second-order valence-electron chi connectivity index (χ2n) is 3.40. The maximum atomic E-state index is 11.1. The largest absolute Gasteiger partial charge is 0.497 e. The van der Waals surface area contributed by atoms with Crippen molar-refractivity contribution in [1.29, 1.82) is 0 Å². The molecule has 94 valence electrons. The predicted octanol–water partition coefficient (Wildman–Crippen LogP) is 1.30. The first-order chi connectivity index (χ1) is 8.12. The molecule has 1 aromatic carbocycles. The predicted molar refractivity (Wildman–Crippen MR) is 61.1 cm³/mol. The summed E-state index contributed by atoms with van der Waals surface area (Å²) >= 11 is 0. The fraction of sp³-hybridized carbons (Fsp3) is 0.417. The molecule has 5 nitrogen and oxygen atoms in total. The van der Waals surface area contributed by atoms with Crippen LogP contribution in [0, 0.1) is 0 Å². The molecule has 1 aromatic rings. The van der Waals surface area contributed by atoms with Crippen molar-refractivity contribution in [2.75, 3.05) is 21.3 Å². The van der Waals surface area contributed by atoms with Crippen LogP contribution in [0.4, 0.5) is 0 Å². The number of esters is 1. The van der Waals surface area contributed by atoms with E-state index in [2.05, 4.69) is 4.74 Å². The zero-order valence-corrected chi connectivity index (χ0v) is 10.1. The molecule has 1 rings (SSSR count). The summed E-state index contributed by atoms with van der Waals surface area (Å²) in [6, 6.07) is 5.02. The lowest BCUT2D eigenvalue weighted by Crippen LogP contribution is -2.09. The summed E-state index contributed by atoms with van der Waals surface area (Å²) in [7, 11) is 4.30. The Labute approximate surface area is 99.9 Å². The number of benzene rings is 1. The summed E-state index contributed by atoms with van der Waals surface area (Å²) in [5.74, 6) is 0.606. The lowest BCUT2D eigenvalue weighted by atomic mass is 10.1. The van der Waals surface area contributed by atoms with Gasteiger partial charge in [0.2, 0.25) is 0 Å². The quantitative estimate of drug-likeness (QED) is 0.786. The molecule has 0 aliphatic carbocycles. The number of aliphatic hydroxyl groups excluding tert-OH is 1. The Bertz CT molecular complexity index is 388. The Morgan fingerprint density at radius 2 is 2.00 bits per heavy atom. The Balaban J connectivity index is 2.96. The topological polar surface area (TPSA) is 65.0 Å². The van der Waals surface area contributed by atoms with Gasteiger partial charge in [-0.3, -0.25) is 4.79 Å². The van der Waals surface area contributed by atoms with Crippen molar-refractivity contribution in [3.05, 3.63) is 23.8 Å². The van der Waals surface area contributed by atoms with Gasteiger partial charge in [0.15, 0.2) is 0 Å². The highest BCUT2D eigenvalue weighted by Gasteiger charge is 2.18. The highest BCUT2D eigenvalue weighted by Crippen LogP contribution is 2.30. The van der Waals surface area contributed by atoms with E-state index in [9.17, 15) is 9.90 Å². The van der Waals surface area contributed by atoms with Crippen LogP contribution in [0.1, 0.15) is 18.1 Å². The molecule has 0 bridgehead atoms. The van der Waals surface area contributed by atoms with Crippen LogP contribution < -0.4 is 9.47 Å². The van der Waals surface area contributed by atoms with Crippen molar-refractivity contribution in [1.82, 2.24) is 0 Å². The molecule has 1 N–H and O–H groups in total. The van der Waals surface area contributed by atoms with Crippen LogP contribution in [0.25, 0.3) is 0 Å². The Morgan fingerprint density at radius 1 is 1.29 bits per heavy atom. The number of methoxy groups -OCH3 is 3. The molecule has 0 saturated carbocycles. The van der Waals surface area contributed by atoms with Crippen LogP contribution >= 0.6 is 0 Å². The van der Waals surface area contributed by atoms with Crippen molar-refractivity contribution in [3.8, 4) is 11.5 Å². The molecular formula is C12H16O5. The average molecular weight is 240 g/mol. The van der Waals surface area contributed by atoms with Crippen molar-refractivity contribution < 1.29 is 24.1 Å². The van der Waals surface area contributed by atoms with Crippen molar-refractivity contribution >= 4 is 5.97 Å². The van der Waals surface area contributed by atoms with Crippen molar-refractivity contribution in [2.45, 2.75) is 12.5 Å². The van der Waals surface area contributed by atoms with E-state index >= 15 is 0 Å². The first kappa shape index (κ1) is 13.3. The molecule has 0 aliphatic heterocycles. The van der Waals surface area contributed by atoms with Gasteiger partial charge in [0.1, 0.15) is 11.5 Å². The van der Waals surface area contributed by atoms with Crippen LogP contribution in [-0.4, -0.2) is 32.4 Å². The molecular weight excluding hydrogens is 224 g/mol. The lowest BCUT2D eigenvalue weighted by Gasteiger charge is -2.14. The highest BCUT2D eigenvalue weighted by atomic mass is 16.5. The van der Waals surface area contributed by atoms with Gasteiger partial charge >= 0.3 is 5.97 Å². The van der Waals surface area contributed by atoms with Crippen LogP contribution in [-0.2, 0) is 9.53 Å². The molecule has 0 aliphatic rings. The second kappa shape index (κ2) is 6.10. The standard InChI is InChI=1S/C12H16O5/c1-15-8-4-5-11(16-2)9(6-8)10(13)7-12(14)17-3/h4-6,10,13H,7H2,1-3H3/t10-/m1/s1. The SMILES string of the molecule is COC(=O)C[C@@H](O)c1cc(OC)ccc1OC. The zero-order chi connectivity index (χ0) is 12.8. The molecule has 5 heteroatoms. The zero-order valence-electron chi connectivity index (χ0n) is 10.1. The second-order valence-corrected chi connectivity index (χ2v) is 3.40. The normalized spacial score (nSPS) is 11.8. The van der Waals surface area contributed by atoms with E-state index in [1.165, 1.54) is 21.3 Å². The van der Waals surface area contributed by atoms with Crippen molar-refractivity contribution in [3.63, 3.8) is 0 Å². The molecule has 0 amide bonds. The number of aliphatic hydroxyl groups is 1. The van der Waals surface area contributed by atoms with E-state index in [4.69, 9.17) is 9.47 Å². The van der Waals surface area contributed by atoms with Gasteiger partial charge in [-0.05, 0) is 18.2 Å². The number of rotatable bonds is 5. The van der Waals surface area contributed by atoms with Gasteiger partial charge in [0, 0.05) is 5.56 Å². The number of carbonyl (C=O) groups excluding carboxylic acids is 1. The summed E-state index contributed by atoms with van der Waals surface area (Å²) in [4.78, 5) is 11.1. The third-order valence-corrected chi connectivity index (χ3v) is 2.38. The Hall–Kier alpha value is -1.75. The highest BCUT2D eigenvalue weighted by molar-refractivity contribution is 5.70. The minimum Gasteiger partial charge on any atom is -0.497 e. The summed E-state index contributed by atoms with van der Waals surface area (Å²) in [6.45, 7) is 0. The summed E-state index contributed by atoms with van der Waals surface area (Å²) in [5, 5.41) is 9.92. The van der Waals surface area contributed by atoms with Gasteiger partial charge in [-0.15, -0.1) is 0 Å².